The predicted octanol–water partition coefficient (Wildman–Crippen LogP) is 3.21. The Hall–Kier alpha value is -3.08. The summed E-state index contributed by atoms with van der Waals surface area (Å²) in [5, 5.41) is 16.2. The third-order valence-corrected chi connectivity index (χ3v) is 6.01. The molecule has 35 heavy (non-hydrogen) atoms. The molecule has 0 bridgehead atoms. The number of carbonyl (C=O) groups excluding carboxylic acids is 2. The minimum Gasteiger partial charge on any atom is -0.395 e. The van der Waals surface area contributed by atoms with Gasteiger partial charge < -0.3 is 10.4 Å². The highest BCUT2D eigenvalue weighted by Gasteiger charge is 2.31. The van der Waals surface area contributed by atoms with Gasteiger partial charge in [0.05, 0.1) is 28.4 Å². The van der Waals surface area contributed by atoms with Crippen molar-refractivity contribution in [1.82, 2.24) is 19.9 Å². The molecule has 0 spiro atoms. The molecule has 1 aliphatic heterocycles. The molecule has 0 aliphatic carbocycles. The molecule has 2 aromatic heterocycles. The third-order valence-electron chi connectivity index (χ3n) is 5.55. The van der Waals surface area contributed by atoms with Gasteiger partial charge in [-0.1, -0.05) is 23.2 Å². The summed E-state index contributed by atoms with van der Waals surface area (Å²) in [6, 6.07) is 11.4. The maximum absolute atomic E-state index is 13.7. The Labute approximate surface area is 212 Å². The van der Waals surface area contributed by atoms with E-state index < -0.39 is 5.91 Å². The number of hydrogen-bond acceptors (Lipinski definition) is 7. The molecule has 0 unspecified atom stereocenters. The van der Waals surface area contributed by atoms with Crippen LogP contribution >= 0.6 is 23.2 Å². The number of halogens is 2. The quantitative estimate of drug-likeness (QED) is 0.498. The van der Waals surface area contributed by atoms with E-state index in [2.05, 4.69) is 20.2 Å². The maximum Gasteiger partial charge on any atom is 0.274 e. The Morgan fingerprint density at radius 3 is 2.46 bits per heavy atom. The van der Waals surface area contributed by atoms with Gasteiger partial charge in [0.1, 0.15) is 5.82 Å². The minimum atomic E-state index is -0.472. The monoisotopic (exact) mass is 514 g/mol. The maximum atomic E-state index is 13.7. The molecule has 2 N–H and O–H groups in total. The summed E-state index contributed by atoms with van der Waals surface area (Å²) < 4.78 is 0. The standard InChI is InChI=1S/C24H24Cl2N6O3/c25-18-3-5-21(20(14-18)23(34)29-22-6-4-19(26)16-28-22)32(24(35)17-2-1-7-27-15-17)31-10-8-30(9-11-31)12-13-33/h1-7,14-16,33H,8-13H2,(H,28,29,34). The molecule has 3 heterocycles. The molecule has 11 heteroatoms. The lowest BCUT2D eigenvalue weighted by Crippen LogP contribution is -2.56. The van der Waals surface area contributed by atoms with Gasteiger partial charge in [0, 0.05) is 56.3 Å². The van der Waals surface area contributed by atoms with Crippen LogP contribution in [0.1, 0.15) is 20.7 Å². The van der Waals surface area contributed by atoms with Crippen molar-refractivity contribution in [3.63, 3.8) is 0 Å². The number of amides is 2. The van der Waals surface area contributed by atoms with Crippen LogP contribution in [0.4, 0.5) is 11.5 Å². The fourth-order valence-electron chi connectivity index (χ4n) is 3.81. The number of nitrogens with zero attached hydrogens (tertiary/aromatic N) is 5. The van der Waals surface area contributed by atoms with Gasteiger partial charge in [0.2, 0.25) is 0 Å². The zero-order valence-electron chi connectivity index (χ0n) is 18.8. The number of nitrogens with one attached hydrogen (secondary N) is 1. The first-order valence-corrected chi connectivity index (χ1v) is 11.8. The second-order valence-electron chi connectivity index (χ2n) is 7.85. The molecular formula is C24H24Cl2N6O3. The van der Waals surface area contributed by atoms with E-state index in [-0.39, 0.29) is 18.1 Å². The van der Waals surface area contributed by atoms with Gasteiger partial charge in [0.25, 0.3) is 11.8 Å². The van der Waals surface area contributed by atoms with Crippen molar-refractivity contribution >= 4 is 46.5 Å². The van der Waals surface area contributed by atoms with Crippen molar-refractivity contribution in [2.75, 3.05) is 49.7 Å². The average Bonchev–Trinajstić information content (AvgIpc) is 2.88. The molecular weight excluding hydrogens is 491 g/mol. The zero-order chi connectivity index (χ0) is 24.8. The molecule has 1 aliphatic rings. The van der Waals surface area contributed by atoms with Crippen molar-refractivity contribution in [2.24, 2.45) is 0 Å². The average molecular weight is 515 g/mol. The van der Waals surface area contributed by atoms with Crippen LogP contribution in [-0.4, -0.2) is 76.1 Å². The van der Waals surface area contributed by atoms with Crippen molar-refractivity contribution in [2.45, 2.75) is 0 Å². The zero-order valence-corrected chi connectivity index (χ0v) is 20.3. The number of aliphatic hydroxyl groups excluding tert-OH is 1. The SMILES string of the molecule is O=C(Nc1ccc(Cl)cn1)c1cc(Cl)ccc1N(C(=O)c1cccnc1)N1CCN(CCO)CC1. The molecule has 1 aromatic carbocycles. The van der Waals surface area contributed by atoms with Crippen LogP contribution in [0, 0.1) is 0 Å². The van der Waals surface area contributed by atoms with Gasteiger partial charge in [-0.3, -0.25) is 19.5 Å². The topological polar surface area (TPSA) is 102 Å². The van der Waals surface area contributed by atoms with E-state index in [0.29, 0.717) is 59.8 Å². The lowest BCUT2D eigenvalue weighted by Gasteiger charge is -2.41. The van der Waals surface area contributed by atoms with Crippen LogP contribution in [0.25, 0.3) is 0 Å². The number of aromatic nitrogens is 2. The van der Waals surface area contributed by atoms with Crippen LogP contribution in [0.3, 0.4) is 0 Å². The van der Waals surface area contributed by atoms with E-state index in [9.17, 15) is 14.7 Å². The van der Waals surface area contributed by atoms with E-state index in [1.807, 2.05) is 5.01 Å². The first kappa shape index (κ1) is 25.0. The normalized spacial score (nSPS) is 14.5. The second kappa shape index (κ2) is 11.6. The number of benzene rings is 1. The number of hydrogen-bond donors (Lipinski definition) is 2. The number of piperazine rings is 1. The third kappa shape index (κ3) is 6.14. The van der Waals surface area contributed by atoms with E-state index in [4.69, 9.17) is 23.2 Å². The van der Waals surface area contributed by atoms with Crippen molar-refractivity contribution in [3.05, 3.63) is 82.2 Å². The molecule has 3 aromatic rings. The molecule has 9 nitrogen and oxygen atoms in total. The number of pyridine rings is 2. The number of β-amino-alcohol motifs (C(OH)–C–C–N with tert-alkyl or cyclic N) is 1. The molecule has 182 valence electrons. The van der Waals surface area contributed by atoms with E-state index in [1.165, 1.54) is 23.5 Å². The van der Waals surface area contributed by atoms with Crippen LogP contribution in [0.5, 0.6) is 0 Å². The van der Waals surface area contributed by atoms with Gasteiger partial charge in [-0.25, -0.2) is 15.0 Å². The molecule has 4 rings (SSSR count). The van der Waals surface area contributed by atoms with Crippen LogP contribution in [-0.2, 0) is 0 Å². The van der Waals surface area contributed by atoms with Crippen molar-refractivity contribution in [3.8, 4) is 0 Å². The fourth-order valence-corrected chi connectivity index (χ4v) is 4.10. The first-order valence-electron chi connectivity index (χ1n) is 11.0. The van der Waals surface area contributed by atoms with E-state index in [1.54, 1.807) is 42.6 Å². The molecule has 1 saturated heterocycles. The van der Waals surface area contributed by atoms with Gasteiger partial charge in [-0.05, 0) is 42.5 Å². The number of anilines is 2. The predicted molar refractivity (Wildman–Crippen MR) is 135 cm³/mol. The summed E-state index contributed by atoms with van der Waals surface area (Å²) in [5.74, 6) is -0.483. The Kier molecular flexibility index (Phi) is 8.27. The molecule has 2 amide bonds. The summed E-state index contributed by atoms with van der Waals surface area (Å²) in [6.07, 6.45) is 4.51. The second-order valence-corrected chi connectivity index (χ2v) is 8.73. The minimum absolute atomic E-state index is 0.0680. The van der Waals surface area contributed by atoms with Crippen LogP contribution < -0.4 is 10.3 Å². The summed E-state index contributed by atoms with van der Waals surface area (Å²) in [5.41, 5.74) is 0.973. The van der Waals surface area contributed by atoms with Crippen molar-refractivity contribution in [1.29, 1.82) is 0 Å². The Balaban J connectivity index is 1.70. The number of rotatable bonds is 7. The molecule has 0 saturated carbocycles. The van der Waals surface area contributed by atoms with Crippen LogP contribution in [0.15, 0.2) is 61.1 Å². The number of hydrazine groups is 1. The summed E-state index contributed by atoms with van der Waals surface area (Å²) in [4.78, 5) is 37.3. The largest absolute Gasteiger partial charge is 0.395 e. The molecule has 1 fully saturated rings. The highest BCUT2D eigenvalue weighted by Crippen LogP contribution is 2.29. The van der Waals surface area contributed by atoms with Gasteiger partial charge >= 0.3 is 0 Å². The highest BCUT2D eigenvalue weighted by molar-refractivity contribution is 6.31. The smallest absolute Gasteiger partial charge is 0.274 e. The first-order chi connectivity index (χ1) is 17.0. The number of carbonyl (C=O) groups is 2. The Morgan fingerprint density at radius 2 is 1.80 bits per heavy atom. The van der Waals surface area contributed by atoms with Gasteiger partial charge in [-0.15, -0.1) is 0 Å². The molecule has 0 atom stereocenters. The van der Waals surface area contributed by atoms with Gasteiger partial charge in [0.15, 0.2) is 0 Å². The van der Waals surface area contributed by atoms with Gasteiger partial charge in [-0.2, -0.15) is 0 Å². The Bertz CT molecular complexity index is 1170. The number of aliphatic hydroxyl groups is 1. The Morgan fingerprint density at radius 1 is 1.03 bits per heavy atom. The van der Waals surface area contributed by atoms with E-state index in [0.717, 1.165) is 0 Å². The lowest BCUT2D eigenvalue weighted by atomic mass is 10.1. The van der Waals surface area contributed by atoms with E-state index >= 15 is 0 Å². The van der Waals surface area contributed by atoms with Crippen LogP contribution in [0.2, 0.25) is 10.0 Å². The van der Waals surface area contributed by atoms with Crippen molar-refractivity contribution < 1.29 is 14.7 Å². The summed E-state index contributed by atoms with van der Waals surface area (Å²) >= 11 is 12.2. The summed E-state index contributed by atoms with van der Waals surface area (Å²) in [6.45, 7) is 2.98. The molecule has 0 radical (unpaired) electrons. The fraction of sp³-hybridized carbons (Fsp3) is 0.250. The highest BCUT2D eigenvalue weighted by atomic mass is 35.5. The summed E-state index contributed by atoms with van der Waals surface area (Å²) in [7, 11) is 0. The lowest BCUT2D eigenvalue weighted by molar-refractivity contribution is 0.0755.